The van der Waals surface area contributed by atoms with Crippen LogP contribution in [-0.4, -0.2) is 16.6 Å². The molecule has 1 unspecified atom stereocenters. The maximum absolute atomic E-state index is 9.84. The number of methoxy groups -OCH3 is 1. The normalized spacial score (nSPS) is 12.7. The van der Waals surface area contributed by atoms with Gasteiger partial charge in [-0.25, -0.2) is 0 Å². The molecule has 2 aromatic heterocycles. The van der Waals surface area contributed by atoms with Crippen LogP contribution in [0.3, 0.4) is 0 Å². The Morgan fingerprint density at radius 2 is 2.50 bits per heavy atom. The highest BCUT2D eigenvalue weighted by Gasteiger charge is 2.15. The number of furan rings is 1. The van der Waals surface area contributed by atoms with Crippen LogP contribution in [0.2, 0.25) is 0 Å². The highest BCUT2D eigenvalue weighted by Crippen LogP contribution is 2.28. The lowest BCUT2D eigenvalue weighted by Gasteiger charge is -2.02. The zero-order valence-corrected chi connectivity index (χ0v) is 8.32. The topological polar surface area (TPSA) is 55.5 Å². The molecule has 1 N–H and O–H groups in total. The number of ether oxygens (including phenoxy) is 1. The molecule has 0 aliphatic heterocycles. The van der Waals surface area contributed by atoms with Gasteiger partial charge in [0.15, 0.2) is 0 Å². The number of nitrogens with zero attached hydrogens (tertiary/aromatic N) is 1. The van der Waals surface area contributed by atoms with Crippen molar-refractivity contribution in [3.8, 4) is 5.88 Å². The lowest BCUT2D eigenvalue weighted by atomic mass is 10.2. The summed E-state index contributed by atoms with van der Waals surface area (Å²) >= 11 is 1.21. The smallest absolute Gasteiger partial charge is 0.225 e. The van der Waals surface area contributed by atoms with Gasteiger partial charge in [-0.3, -0.25) is 0 Å². The van der Waals surface area contributed by atoms with E-state index in [2.05, 4.69) is 4.37 Å². The van der Waals surface area contributed by atoms with Gasteiger partial charge >= 0.3 is 0 Å². The fraction of sp³-hybridized carbons (Fsp3) is 0.222. The van der Waals surface area contributed by atoms with Crippen molar-refractivity contribution >= 4 is 11.5 Å². The minimum Gasteiger partial charge on any atom is -0.480 e. The minimum absolute atomic E-state index is 0.521. The number of hydrogen-bond donors (Lipinski definition) is 1. The van der Waals surface area contributed by atoms with Crippen molar-refractivity contribution in [1.82, 2.24) is 4.37 Å². The van der Waals surface area contributed by atoms with Gasteiger partial charge in [0.25, 0.3) is 0 Å². The summed E-state index contributed by atoms with van der Waals surface area (Å²) in [5.74, 6) is 0.521. The van der Waals surface area contributed by atoms with Gasteiger partial charge in [0.05, 0.1) is 24.5 Å². The van der Waals surface area contributed by atoms with Crippen LogP contribution in [0.1, 0.15) is 16.5 Å². The second kappa shape index (κ2) is 3.81. The number of aliphatic hydroxyl groups excluding tert-OH is 1. The molecule has 74 valence electrons. The van der Waals surface area contributed by atoms with Gasteiger partial charge < -0.3 is 14.3 Å². The van der Waals surface area contributed by atoms with Crippen molar-refractivity contribution in [1.29, 1.82) is 0 Å². The van der Waals surface area contributed by atoms with E-state index in [-0.39, 0.29) is 0 Å². The standard InChI is InChI=1S/C9H9NO3S/c1-12-8-4-7(14-10-8)9(11)6-2-3-13-5-6/h2-5,9,11H,1H3. The number of aliphatic hydroxyl groups is 1. The summed E-state index contributed by atoms with van der Waals surface area (Å²) in [4.78, 5) is 0.739. The molecule has 0 spiro atoms. The first-order valence-electron chi connectivity index (χ1n) is 4.02. The summed E-state index contributed by atoms with van der Waals surface area (Å²) in [6.45, 7) is 0. The molecule has 0 bridgehead atoms. The van der Waals surface area contributed by atoms with E-state index in [1.165, 1.54) is 24.1 Å². The van der Waals surface area contributed by atoms with Crippen LogP contribution in [0.4, 0.5) is 0 Å². The largest absolute Gasteiger partial charge is 0.480 e. The van der Waals surface area contributed by atoms with Gasteiger partial charge in [-0.05, 0) is 17.6 Å². The summed E-state index contributed by atoms with van der Waals surface area (Å²) in [7, 11) is 1.54. The Morgan fingerprint density at radius 3 is 3.07 bits per heavy atom. The van der Waals surface area contributed by atoms with E-state index < -0.39 is 6.10 Å². The van der Waals surface area contributed by atoms with E-state index in [1.54, 1.807) is 19.2 Å². The summed E-state index contributed by atoms with van der Waals surface area (Å²) < 4.78 is 13.8. The van der Waals surface area contributed by atoms with E-state index in [1.807, 2.05) is 0 Å². The number of rotatable bonds is 3. The van der Waals surface area contributed by atoms with Gasteiger partial charge in [0, 0.05) is 11.6 Å². The van der Waals surface area contributed by atoms with Crippen LogP contribution in [0.25, 0.3) is 0 Å². The molecule has 0 aliphatic rings. The van der Waals surface area contributed by atoms with Crippen molar-refractivity contribution in [2.45, 2.75) is 6.10 Å². The molecule has 2 aromatic rings. The van der Waals surface area contributed by atoms with Gasteiger partial charge in [-0.2, -0.15) is 4.37 Å². The average molecular weight is 211 g/mol. The van der Waals surface area contributed by atoms with Gasteiger partial charge in [0.2, 0.25) is 5.88 Å². The van der Waals surface area contributed by atoms with Crippen LogP contribution in [0.5, 0.6) is 5.88 Å². The van der Waals surface area contributed by atoms with E-state index in [9.17, 15) is 5.11 Å². The molecular formula is C9H9NO3S. The Bertz CT molecular complexity index is 396. The van der Waals surface area contributed by atoms with Crippen LogP contribution in [0.15, 0.2) is 29.1 Å². The van der Waals surface area contributed by atoms with E-state index in [4.69, 9.17) is 9.15 Å². The van der Waals surface area contributed by atoms with Crippen molar-refractivity contribution < 1.29 is 14.3 Å². The molecule has 0 fully saturated rings. The molecule has 0 saturated heterocycles. The molecule has 14 heavy (non-hydrogen) atoms. The van der Waals surface area contributed by atoms with Crippen LogP contribution in [-0.2, 0) is 0 Å². The molecule has 0 amide bonds. The Labute approximate surface area is 84.9 Å². The molecular weight excluding hydrogens is 202 g/mol. The predicted octanol–water partition coefficient (Wildman–Crippen LogP) is 1.83. The number of hydrogen-bond acceptors (Lipinski definition) is 5. The lowest BCUT2D eigenvalue weighted by molar-refractivity contribution is 0.223. The van der Waals surface area contributed by atoms with E-state index in [0.717, 1.165) is 10.4 Å². The maximum atomic E-state index is 9.84. The zero-order chi connectivity index (χ0) is 9.97. The Kier molecular flexibility index (Phi) is 2.51. The quantitative estimate of drug-likeness (QED) is 0.841. The van der Waals surface area contributed by atoms with Crippen LogP contribution < -0.4 is 4.74 Å². The molecule has 5 heteroatoms. The third-order valence-electron chi connectivity index (χ3n) is 1.84. The summed E-state index contributed by atoms with van der Waals surface area (Å²) in [6, 6.07) is 3.43. The van der Waals surface area contributed by atoms with Crippen molar-refractivity contribution in [3.05, 3.63) is 35.1 Å². The molecule has 0 radical (unpaired) electrons. The molecule has 0 aliphatic carbocycles. The SMILES string of the molecule is COc1cc(C(O)c2ccoc2)sn1. The third-order valence-corrected chi connectivity index (χ3v) is 2.67. The monoisotopic (exact) mass is 211 g/mol. The summed E-state index contributed by atoms with van der Waals surface area (Å²) in [6.07, 6.45) is 2.35. The summed E-state index contributed by atoms with van der Waals surface area (Å²) in [5, 5.41) is 9.84. The van der Waals surface area contributed by atoms with E-state index in [0.29, 0.717) is 5.88 Å². The Morgan fingerprint density at radius 1 is 1.64 bits per heavy atom. The maximum Gasteiger partial charge on any atom is 0.225 e. The van der Waals surface area contributed by atoms with Crippen molar-refractivity contribution in [2.75, 3.05) is 7.11 Å². The van der Waals surface area contributed by atoms with Gasteiger partial charge in [0.1, 0.15) is 6.10 Å². The van der Waals surface area contributed by atoms with E-state index >= 15 is 0 Å². The second-order valence-electron chi connectivity index (χ2n) is 2.73. The van der Waals surface area contributed by atoms with Crippen LogP contribution >= 0.6 is 11.5 Å². The molecule has 1 atom stereocenters. The predicted molar refractivity (Wildman–Crippen MR) is 51.4 cm³/mol. The first-order chi connectivity index (χ1) is 6.81. The fourth-order valence-corrected chi connectivity index (χ4v) is 1.80. The molecule has 2 rings (SSSR count). The lowest BCUT2D eigenvalue weighted by Crippen LogP contribution is -1.94. The Hall–Kier alpha value is -1.33. The minimum atomic E-state index is -0.685. The van der Waals surface area contributed by atoms with Crippen molar-refractivity contribution in [2.24, 2.45) is 0 Å². The first-order valence-corrected chi connectivity index (χ1v) is 4.79. The molecule has 4 nitrogen and oxygen atoms in total. The fourth-order valence-electron chi connectivity index (χ4n) is 1.09. The zero-order valence-electron chi connectivity index (χ0n) is 7.51. The molecule has 2 heterocycles. The van der Waals surface area contributed by atoms with Crippen LogP contribution in [0, 0.1) is 0 Å². The van der Waals surface area contributed by atoms with Crippen molar-refractivity contribution in [3.63, 3.8) is 0 Å². The summed E-state index contributed by atoms with van der Waals surface area (Å²) in [5.41, 5.74) is 0.719. The number of aromatic nitrogens is 1. The van der Waals surface area contributed by atoms with Gasteiger partial charge in [-0.15, -0.1) is 0 Å². The molecule has 0 aromatic carbocycles. The highest BCUT2D eigenvalue weighted by molar-refractivity contribution is 7.06. The second-order valence-corrected chi connectivity index (χ2v) is 3.57. The highest BCUT2D eigenvalue weighted by atomic mass is 32.1. The Balaban J connectivity index is 2.23. The average Bonchev–Trinajstić information content (AvgIpc) is 2.88. The first kappa shape index (κ1) is 9.23. The third kappa shape index (κ3) is 1.64. The van der Waals surface area contributed by atoms with Gasteiger partial charge in [-0.1, -0.05) is 0 Å². The molecule has 0 saturated carbocycles.